The fraction of sp³-hybridized carbons (Fsp3) is 0.316. The summed E-state index contributed by atoms with van der Waals surface area (Å²) in [7, 11) is 1.64. The Morgan fingerprint density at radius 1 is 1.22 bits per heavy atom. The molecule has 0 aliphatic carbocycles. The van der Waals surface area contributed by atoms with E-state index < -0.39 is 5.82 Å². The number of hydrogen-bond donors (Lipinski definition) is 1. The first-order chi connectivity index (χ1) is 12.6. The van der Waals surface area contributed by atoms with Crippen molar-refractivity contribution in [1.29, 1.82) is 0 Å². The van der Waals surface area contributed by atoms with Crippen LogP contribution < -0.4 is 10.9 Å². The zero-order valence-corrected chi connectivity index (χ0v) is 15.6. The number of aromatic nitrogens is 3. The number of nitrogens with zero attached hydrogens (tertiary/aromatic N) is 3. The lowest BCUT2D eigenvalue weighted by Crippen LogP contribution is -2.29. The van der Waals surface area contributed by atoms with Crippen molar-refractivity contribution in [3.05, 3.63) is 52.7 Å². The molecule has 0 bridgehead atoms. The van der Waals surface area contributed by atoms with Gasteiger partial charge in [-0.25, -0.2) is 9.37 Å². The lowest BCUT2D eigenvalue weighted by molar-refractivity contribution is 0.0903. The van der Waals surface area contributed by atoms with E-state index in [4.69, 9.17) is 4.74 Å². The van der Waals surface area contributed by atoms with Crippen LogP contribution in [0.4, 0.5) is 10.3 Å². The monoisotopic (exact) mass is 390 g/mol. The highest BCUT2D eigenvalue weighted by Crippen LogP contribution is 2.23. The van der Waals surface area contributed by atoms with E-state index in [9.17, 15) is 9.18 Å². The summed E-state index contributed by atoms with van der Waals surface area (Å²) < 4.78 is 20.9. The first-order valence-corrected chi connectivity index (χ1v) is 8.59. The Hall–Kier alpha value is -2.51. The topological polar surface area (TPSA) is 69.0 Å². The summed E-state index contributed by atoms with van der Waals surface area (Å²) in [5.74, 6) is 0.0562. The molecule has 2 aromatic heterocycles. The number of pyridine rings is 1. The number of benzene rings is 1. The molecule has 0 spiro atoms. The van der Waals surface area contributed by atoms with E-state index in [2.05, 4.69) is 15.3 Å². The van der Waals surface area contributed by atoms with Gasteiger partial charge in [0, 0.05) is 43.4 Å². The molecule has 3 aromatic rings. The van der Waals surface area contributed by atoms with E-state index in [1.807, 2.05) is 0 Å². The molecule has 1 fully saturated rings. The molecule has 8 heteroatoms. The van der Waals surface area contributed by atoms with E-state index in [1.165, 1.54) is 10.6 Å². The van der Waals surface area contributed by atoms with Crippen molar-refractivity contribution >= 4 is 29.4 Å². The Balaban J connectivity index is 0.00000210. The molecule has 27 heavy (non-hydrogen) atoms. The fourth-order valence-corrected chi connectivity index (χ4v) is 3.21. The SMILES string of the molecule is Cl.Cn1c(=O)c(-c2ccccc2F)cc2cnc(NC3CCOCC3)nc21. The molecule has 1 aromatic carbocycles. The van der Waals surface area contributed by atoms with E-state index in [1.54, 1.807) is 37.5 Å². The number of fused-ring (bicyclic) bond motifs is 1. The van der Waals surface area contributed by atoms with Crippen LogP contribution in [0.3, 0.4) is 0 Å². The van der Waals surface area contributed by atoms with Crippen molar-refractivity contribution < 1.29 is 9.13 Å². The largest absolute Gasteiger partial charge is 0.381 e. The van der Waals surface area contributed by atoms with Crippen LogP contribution in [-0.4, -0.2) is 33.8 Å². The molecule has 0 unspecified atom stereocenters. The van der Waals surface area contributed by atoms with Crippen LogP contribution in [0.15, 0.2) is 41.3 Å². The summed E-state index contributed by atoms with van der Waals surface area (Å²) in [5.41, 5.74) is 0.796. The smallest absolute Gasteiger partial charge is 0.259 e. The zero-order chi connectivity index (χ0) is 18.1. The third-order valence-corrected chi connectivity index (χ3v) is 4.67. The molecule has 1 aliphatic heterocycles. The Morgan fingerprint density at radius 3 is 2.70 bits per heavy atom. The van der Waals surface area contributed by atoms with Gasteiger partial charge in [-0.1, -0.05) is 18.2 Å². The van der Waals surface area contributed by atoms with Gasteiger partial charge in [-0.15, -0.1) is 12.4 Å². The van der Waals surface area contributed by atoms with Gasteiger partial charge in [-0.05, 0) is 25.0 Å². The Labute approximate surface area is 161 Å². The Morgan fingerprint density at radius 2 is 1.96 bits per heavy atom. The Bertz CT molecular complexity index is 1020. The molecule has 1 N–H and O–H groups in total. The lowest BCUT2D eigenvalue weighted by Gasteiger charge is -2.23. The predicted molar refractivity (Wildman–Crippen MR) is 105 cm³/mol. The third-order valence-electron chi connectivity index (χ3n) is 4.67. The number of aryl methyl sites for hydroxylation is 1. The molecule has 6 nitrogen and oxygen atoms in total. The highest BCUT2D eigenvalue weighted by molar-refractivity contribution is 5.85. The summed E-state index contributed by atoms with van der Waals surface area (Å²) >= 11 is 0. The molecular formula is C19H20ClFN4O2. The van der Waals surface area contributed by atoms with Gasteiger partial charge < -0.3 is 10.1 Å². The molecule has 4 rings (SSSR count). The van der Waals surface area contributed by atoms with E-state index in [0.717, 1.165) is 26.1 Å². The zero-order valence-electron chi connectivity index (χ0n) is 14.8. The number of rotatable bonds is 3. The average Bonchev–Trinajstić information content (AvgIpc) is 2.66. The Kier molecular flexibility index (Phi) is 5.72. The number of nitrogens with one attached hydrogen (secondary N) is 1. The minimum Gasteiger partial charge on any atom is -0.381 e. The quantitative estimate of drug-likeness (QED) is 0.744. The summed E-state index contributed by atoms with van der Waals surface area (Å²) in [4.78, 5) is 21.6. The van der Waals surface area contributed by atoms with Crippen LogP contribution in [0, 0.1) is 5.82 Å². The summed E-state index contributed by atoms with van der Waals surface area (Å²) in [6, 6.07) is 8.15. The average molecular weight is 391 g/mol. The van der Waals surface area contributed by atoms with Gasteiger partial charge in [0.25, 0.3) is 5.56 Å². The summed E-state index contributed by atoms with van der Waals surface area (Å²) in [6.45, 7) is 1.44. The van der Waals surface area contributed by atoms with Gasteiger partial charge >= 0.3 is 0 Å². The van der Waals surface area contributed by atoms with Gasteiger partial charge in [0.1, 0.15) is 11.5 Å². The second kappa shape index (κ2) is 8.02. The molecule has 0 amide bonds. The highest BCUT2D eigenvalue weighted by atomic mass is 35.5. The lowest BCUT2D eigenvalue weighted by atomic mass is 10.1. The number of anilines is 1. The predicted octanol–water partition coefficient (Wildman–Crippen LogP) is 3.15. The third kappa shape index (κ3) is 3.79. The van der Waals surface area contributed by atoms with Gasteiger partial charge in [-0.3, -0.25) is 9.36 Å². The first kappa shape index (κ1) is 19.3. The second-order valence-electron chi connectivity index (χ2n) is 6.41. The molecule has 1 saturated heterocycles. The van der Waals surface area contributed by atoms with Crippen molar-refractivity contribution in [2.45, 2.75) is 18.9 Å². The van der Waals surface area contributed by atoms with Crippen LogP contribution in [-0.2, 0) is 11.8 Å². The van der Waals surface area contributed by atoms with Gasteiger partial charge in [0.15, 0.2) is 0 Å². The molecule has 0 radical (unpaired) electrons. The van der Waals surface area contributed by atoms with Crippen molar-refractivity contribution in [3.8, 4) is 11.1 Å². The summed E-state index contributed by atoms with van der Waals surface area (Å²) in [6.07, 6.45) is 3.45. The minimum absolute atomic E-state index is 0. The molecule has 0 atom stereocenters. The van der Waals surface area contributed by atoms with E-state index in [0.29, 0.717) is 22.5 Å². The number of halogens is 2. The van der Waals surface area contributed by atoms with Crippen LogP contribution in [0.25, 0.3) is 22.2 Å². The fourth-order valence-electron chi connectivity index (χ4n) is 3.21. The van der Waals surface area contributed by atoms with Crippen LogP contribution in [0.2, 0.25) is 0 Å². The number of ether oxygens (including phenoxy) is 1. The van der Waals surface area contributed by atoms with Crippen molar-refractivity contribution in [2.75, 3.05) is 18.5 Å². The van der Waals surface area contributed by atoms with Crippen LogP contribution in [0.5, 0.6) is 0 Å². The minimum atomic E-state index is -0.428. The maximum atomic E-state index is 14.1. The molecule has 1 aliphatic rings. The highest BCUT2D eigenvalue weighted by Gasteiger charge is 2.17. The maximum Gasteiger partial charge on any atom is 0.259 e. The van der Waals surface area contributed by atoms with Crippen molar-refractivity contribution in [3.63, 3.8) is 0 Å². The van der Waals surface area contributed by atoms with Crippen molar-refractivity contribution in [2.24, 2.45) is 7.05 Å². The normalized spacial score (nSPS) is 14.7. The molecule has 3 heterocycles. The van der Waals surface area contributed by atoms with Gasteiger partial charge in [-0.2, -0.15) is 4.98 Å². The molecule has 142 valence electrons. The first-order valence-electron chi connectivity index (χ1n) is 8.59. The van der Waals surface area contributed by atoms with Gasteiger partial charge in [0.2, 0.25) is 5.95 Å². The van der Waals surface area contributed by atoms with E-state index >= 15 is 0 Å². The number of hydrogen-bond acceptors (Lipinski definition) is 5. The second-order valence-corrected chi connectivity index (χ2v) is 6.41. The van der Waals surface area contributed by atoms with E-state index in [-0.39, 0.29) is 29.6 Å². The standard InChI is InChI=1S/C19H19FN4O2.ClH/c1-24-17-12(10-15(18(24)25)14-4-2-3-5-16(14)20)11-21-19(23-17)22-13-6-8-26-9-7-13;/h2-5,10-11,13H,6-9H2,1H3,(H,21,22,23);1H. The molecule has 0 saturated carbocycles. The van der Waals surface area contributed by atoms with Crippen LogP contribution in [0.1, 0.15) is 12.8 Å². The molecular weight excluding hydrogens is 371 g/mol. The van der Waals surface area contributed by atoms with Gasteiger partial charge in [0.05, 0.1) is 5.56 Å². The van der Waals surface area contributed by atoms with Crippen LogP contribution >= 0.6 is 12.4 Å². The summed E-state index contributed by atoms with van der Waals surface area (Å²) in [5, 5.41) is 3.98. The maximum absolute atomic E-state index is 14.1. The van der Waals surface area contributed by atoms with Crippen molar-refractivity contribution in [1.82, 2.24) is 14.5 Å².